The van der Waals surface area contributed by atoms with Gasteiger partial charge in [-0.2, -0.15) is 4.98 Å². The highest BCUT2D eigenvalue weighted by Crippen LogP contribution is 2.35. The molecule has 0 aliphatic rings. The summed E-state index contributed by atoms with van der Waals surface area (Å²) in [6.07, 6.45) is 0. The standard InChI is InChI=1S/C23H18BrClN2O4S/c1-30-17-10-6-15(7-11-17)14-26-22-23(32(28,29)18-12-8-16(24)9-13-18)27-21(31-22)19-4-2-3-5-20(19)25/h2-13,26H,14H2,1H3. The van der Waals surface area contributed by atoms with E-state index in [9.17, 15) is 8.42 Å². The summed E-state index contributed by atoms with van der Waals surface area (Å²) in [5, 5.41) is 3.26. The van der Waals surface area contributed by atoms with Crippen molar-refractivity contribution in [3.8, 4) is 17.2 Å². The lowest BCUT2D eigenvalue weighted by Crippen LogP contribution is -2.07. The lowest BCUT2D eigenvalue weighted by atomic mass is 10.2. The molecule has 164 valence electrons. The van der Waals surface area contributed by atoms with Gasteiger partial charge in [-0.05, 0) is 54.1 Å². The van der Waals surface area contributed by atoms with Crippen molar-refractivity contribution in [3.63, 3.8) is 0 Å². The van der Waals surface area contributed by atoms with Gasteiger partial charge in [-0.15, -0.1) is 0 Å². The fourth-order valence-electron chi connectivity index (χ4n) is 3.00. The van der Waals surface area contributed by atoms with E-state index < -0.39 is 9.84 Å². The van der Waals surface area contributed by atoms with Crippen molar-refractivity contribution < 1.29 is 17.6 Å². The van der Waals surface area contributed by atoms with E-state index in [1.807, 2.05) is 24.3 Å². The lowest BCUT2D eigenvalue weighted by molar-refractivity contribution is 0.414. The quantitative estimate of drug-likeness (QED) is 0.304. The third-order valence-corrected chi connectivity index (χ3v) is 7.23. The molecule has 9 heteroatoms. The van der Waals surface area contributed by atoms with Gasteiger partial charge in [-0.3, -0.25) is 0 Å². The van der Waals surface area contributed by atoms with Crippen LogP contribution in [0.4, 0.5) is 5.88 Å². The monoisotopic (exact) mass is 532 g/mol. The first-order valence-electron chi connectivity index (χ1n) is 9.51. The van der Waals surface area contributed by atoms with E-state index in [-0.39, 0.29) is 21.7 Å². The Labute approximate surface area is 199 Å². The molecule has 4 rings (SSSR count). The molecule has 6 nitrogen and oxygen atoms in total. The normalized spacial score (nSPS) is 11.3. The summed E-state index contributed by atoms with van der Waals surface area (Å²) in [6, 6.07) is 20.7. The van der Waals surface area contributed by atoms with Crippen LogP contribution in [0.2, 0.25) is 5.02 Å². The smallest absolute Gasteiger partial charge is 0.234 e. The Kier molecular flexibility index (Phi) is 6.55. The van der Waals surface area contributed by atoms with Crippen molar-refractivity contribution in [3.05, 3.63) is 87.9 Å². The van der Waals surface area contributed by atoms with Crippen LogP contribution < -0.4 is 10.1 Å². The zero-order valence-corrected chi connectivity index (χ0v) is 20.0. The van der Waals surface area contributed by atoms with E-state index >= 15 is 0 Å². The molecule has 0 saturated heterocycles. The van der Waals surface area contributed by atoms with Crippen LogP contribution in [0.1, 0.15) is 5.56 Å². The first-order chi connectivity index (χ1) is 15.4. The van der Waals surface area contributed by atoms with Crippen LogP contribution in [0.3, 0.4) is 0 Å². The van der Waals surface area contributed by atoms with E-state index in [1.54, 1.807) is 43.5 Å². The number of benzene rings is 3. The summed E-state index contributed by atoms with van der Waals surface area (Å²) < 4.78 is 38.5. The first kappa shape index (κ1) is 22.4. The summed E-state index contributed by atoms with van der Waals surface area (Å²) in [5.41, 5.74) is 1.41. The van der Waals surface area contributed by atoms with Gasteiger partial charge in [-0.25, -0.2) is 8.42 Å². The number of nitrogens with zero attached hydrogens (tertiary/aromatic N) is 1. The lowest BCUT2D eigenvalue weighted by Gasteiger charge is -2.07. The van der Waals surface area contributed by atoms with Gasteiger partial charge < -0.3 is 14.5 Å². The molecule has 0 saturated carbocycles. The number of methoxy groups -OCH3 is 1. The zero-order chi connectivity index (χ0) is 22.7. The Balaban J connectivity index is 1.74. The van der Waals surface area contributed by atoms with E-state index in [4.69, 9.17) is 20.8 Å². The fraction of sp³-hybridized carbons (Fsp3) is 0.0870. The first-order valence-corrected chi connectivity index (χ1v) is 12.2. The number of hydrogen-bond acceptors (Lipinski definition) is 6. The second-order valence-electron chi connectivity index (χ2n) is 6.79. The second kappa shape index (κ2) is 9.36. The Morgan fingerprint density at radius 1 is 1.03 bits per heavy atom. The third-order valence-electron chi connectivity index (χ3n) is 4.69. The summed E-state index contributed by atoms with van der Waals surface area (Å²) >= 11 is 9.61. The number of rotatable bonds is 7. The van der Waals surface area contributed by atoms with Crippen molar-refractivity contribution in [1.29, 1.82) is 0 Å². The molecule has 0 aliphatic carbocycles. The molecule has 0 unspecified atom stereocenters. The van der Waals surface area contributed by atoms with E-state index in [0.717, 1.165) is 15.8 Å². The molecule has 0 radical (unpaired) electrons. The third kappa shape index (κ3) is 4.67. The Bertz CT molecular complexity index is 1340. The minimum atomic E-state index is -3.95. The topological polar surface area (TPSA) is 81.4 Å². The van der Waals surface area contributed by atoms with Crippen LogP contribution in [0.15, 0.2) is 91.6 Å². The van der Waals surface area contributed by atoms with Crippen molar-refractivity contribution in [2.24, 2.45) is 0 Å². The van der Waals surface area contributed by atoms with Crippen molar-refractivity contribution in [2.75, 3.05) is 12.4 Å². The van der Waals surface area contributed by atoms with Gasteiger partial charge in [0, 0.05) is 11.0 Å². The minimum absolute atomic E-state index is 0.0404. The molecule has 0 spiro atoms. The molecule has 1 aromatic heterocycles. The molecule has 32 heavy (non-hydrogen) atoms. The van der Waals surface area contributed by atoms with Gasteiger partial charge in [0.25, 0.3) is 0 Å². The van der Waals surface area contributed by atoms with Crippen LogP contribution in [-0.2, 0) is 16.4 Å². The maximum Gasteiger partial charge on any atom is 0.234 e. The van der Waals surface area contributed by atoms with Gasteiger partial charge in [0.1, 0.15) is 5.75 Å². The van der Waals surface area contributed by atoms with Gasteiger partial charge in [0.15, 0.2) is 0 Å². The summed E-state index contributed by atoms with van der Waals surface area (Å²) in [4.78, 5) is 4.42. The predicted octanol–water partition coefficient (Wildman–Crippen LogP) is 6.21. The van der Waals surface area contributed by atoms with Crippen LogP contribution in [-0.4, -0.2) is 20.5 Å². The molecule has 3 aromatic carbocycles. The molecule has 0 aliphatic heterocycles. The molecule has 4 aromatic rings. The van der Waals surface area contributed by atoms with E-state index in [0.29, 0.717) is 17.1 Å². The van der Waals surface area contributed by atoms with Crippen LogP contribution in [0.5, 0.6) is 5.75 Å². The zero-order valence-electron chi connectivity index (χ0n) is 16.9. The predicted molar refractivity (Wildman–Crippen MR) is 127 cm³/mol. The highest BCUT2D eigenvalue weighted by molar-refractivity contribution is 9.10. The van der Waals surface area contributed by atoms with Crippen LogP contribution >= 0.6 is 27.5 Å². The van der Waals surface area contributed by atoms with Gasteiger partial charge in [-0.1, -0.05) is 51.8 Å². The largest absolute Gasteiger partial charge is 0.497 e. The Morgan fingerprint density at radius 2 is 1.72 bits per heavy atom. The summed E-state index contributed by atoms with van der Waals surface area (Å²) in [6.45, 7) is 0.323. The van der Waals surface area contributed by atoms with Gasteiger partial charge >= 0.3 is 0 Å². The average Bonchev–Trinajstić information content (AvgIpc) is 3.23. The van der Waals surface area contributed by atoms with E-state index in [1.165, 1.54) is 12.1 Å². The maximum absolute atomic E-state index is 13.4. The maximum atomic E-state index is 13.4. The number of anilines is 1. The van der Waals surface area contributed by atoms with Gasteiger partial charge in [0.2, 0.25) is 26.6 Å². The van der Waals surface area contributed by atoms with Crippen LogP contribution in [0, 0.1) is 0 Å². The van der Waals surface area contributed by atoms with E-state index in [2.05, 4.69) is 26.2 Å². The molecular weight excluding hydrogens is 516 g/mol. The SMILES string of the molecule is COc1ccc(CNc2oc(-c3ccccc3Cl)nc2S(=O)(=O)c2ccc(Br)cc2)cc1. The Morgan fingerprint density at radius 3 is 2.38 bits per heavy atom. The molecule has 1 heterocycles. The number of aromatic nitrogens is 1. The Hall–Kier alpha value is -2.81. The molecule has 0 atom stereocenters. The number of sulfone groups is 1. The highest BCUT2D eigenvalue weighted by Gasteiger charge is 2.29. The highest BCUT2D eigenvalue weighted by atomic mass is 79.9. The minimum Gasteiger partial charge on any atom is -0.497 e. The fourth-order valence-corrected chi connectivity index (χ4v) is 4.76. The average molecular weight is 534 g/mol. The summed E-state index contributed by atoms with van der Waals surface area (Å²) in [5.74, 6) is 0.884. The van der Waals surface area contributed by atoms with Gasteiger partial charge in [0.05, 0.1) is 22.6 Å². The second-order valence-corrected chi connectivity index (χ2v) is 9.98. The molecule has 1 N–H and O–H groups in total. The van der Waals surface area contributed by atoms with Crippen molar-refractivity contribution in [1.82, 2.24) is 4.98 Å². The number of hydrogen-bond donors (Lipinski definition) is 1. The number of ether oxygens (including phenoxy) is 1. The van der Waals surface area contributed by atoms with Crippen LogP contribution in [0.25, 0.3) is 11.5 Å². The van der Waals surface area contributed by atoms with Crippen molar-refractivity contribution in [2.45, 2.75) is 16.5 Å². The number of nitrogens with one attached hydrogen (secondary N) is 1. The molecule has 0 amide bonds. The number of oxazole rings is 1. The molecule has 0 bridgehead atoms. The molecule has 0 fully saturated rings. The number of halogens is 2. The molecular formula is C23H18BrClN2O4S. The van der Waals surface area contributed by atoms with Crippen molar-refractivity contribution >= 4 is 43.3 Å². The summed E-state index contributed by atoms with van der Waals surface area (Å²) in [7, 11) is -2.36.